The number of benzene rings is 2. The van der Waals surface area contributed by atoms with Crippen molar-refractivity contribution < 1.29 is 9.53 Å². The summed E-state index contributed by atoms with van der Waals surface area (Å²) in [4.78, 5) is 12.0. The van der Waals surface area contributed by atoms with Crippen LogP contribution in [0.15, 0.2) is 48.5 Å². The second kappa shape index (κ2) is 9.54. The van der Waals surface area contributed by atoms with Crippen molar-refractivity contribution in [1.82, 2.24) is 0 Å². The highest BCUT2D eigenvalue weighted by Gasteiger charge is 2.04. The number of carbonyl (C=O) groups excluding carboxylic acids is 1. The van der Waals surface area contributed by atoms with Crippen LogP contribution < -0.4 is 21.1 Å². The van der Waals surface area contributed by atoms with Gasteiger partial charge in [-0.2, -0.15) is 0 Å². The quantitative estimate of drug-likeness (QED) is 0.448. The molecule has 0 saturated carbocycles. The number of amidine groups is 1. The van der Waals surface area contributed by atoms with Gasteiger partial charge in [0.05, 0.1) is 12.6 Å². The number of nitrogens with two attached hydrogens (primary N) is 1. The van der Waals surface area contributed by atoms with Crippen molar-refractivity contribution in [3.05, 3.63) is 54.1 Å². The molecule has 0 radical (unpaired) electrons. The predicted molar refractivity (Wildman–Crippen MR) is 104 cm³/mol. The zero-order valence-corrected chi connectivity index (χ0v) is 15.0. The molecule has 2 aromatic rings. The molecule has 134 valence electrons. The number of nitrogen functional groups attached to an aromatic ring is 1. The lowest BCUT2D eigenvalue weighted by molar-refractivity contribution is -0.114. The van der Waals surface area contributed by atoms with E-state index in [4.69, 9.17) is 15.9 Å². The van der Waals surface area contributed by atoms with Crippen molar-refractivity contribution in [2.24, 2.45) is 5.73 Å². The molecule has 7 heteroatoms. The van der Waals surface area contributed by atoms with Crippen molar-refractivity contribution >= 4 is 35.5 Å². The van der Waals surface area contributed by atoms with Crippen LogP contribution in [0.5, 0.6) is 5.75 Å². The lowest BCUT2D eigenvalue weighted by atomic mass is 10.2. The largest absolute Gasteiger partial charge is 0.491 e. The number of carbonyl (C=O) groups is 1. The van der Waals surface area contributed by atoms with Crippen molar-refractivity contribution in [2.45, 2.75) is 20.0 Å². The number of anilines is 2. The van der Waals surface area contributed by atoms with Gasteiger partial charge in [0.2, 0.25) is 5.91 Å². The van der Waals surface area contributed by atoms with Gasteiger partial charge in [0.25, 0.3) is 0 Å². The molecule has 0 aliphatic rings. The molecular weight excluding hydrogens is 340 g/mol. The monoisotopic (exact) mass is 362 g/mol. The van der Waals surface area contributed by atoms with Crippen LogP contribution in [-0.2, 0) is 4.79 Å². The van der Waals surface area contributed by atoms with Gasteiger partial charge in [-0.25, -0.2) is 0 Å². The SMILES string of the molecule is CC(C)Oc1ccc(NC(=O)CNc2cccc(C(=N)N)c2)cc1.Cl. The van der Waals surface area contributed by atoms with E-state index in [0.717, 1.165) is 11.4 Å². The van der Waals surface area contributed by atoms with Crippen molar-refractivity contribution in [1.29, 1.82) is 5.41 Å². The minimum atomic E-state index is -0.166. The second-order valence-electron chi connectivity index (χ2n) is 5.59. The molecule has 0 aliphatic heterocycles. The average molecular weight is 363 g/mol. The fourth-order valence-electron chi connectivity index (χ4n) is 2.07. The van der Waals surface area contributed by atoms with Crippen molar-refractivity contribution in [2.75, 3.05) is 17.2 Å². The standard InChI is InChI=1S/C18H22N4O2.ClH/c1-12(2)24-16-8-6-14(7-9-16)22-17(23)11-21-15-5-3-4-13(10-15)18(19)20;/h3-10,12,21H,11H2,1-2H3,(H3,19,20)(H,22,23);1H. The molecule has 0 spiro atoms. The molecule has 1 amide bonds. The summed E-state index contributed by atoms with van der Waals surface area (Å²) in [5.74, 6) is 0.592. The Hall–Kier alpha value is -2.73. The third kappa shape index (κ3) is 6.73. The summed E-state index contributed by atoms with van der Waals surface area (Å²) in [6, 6.07) is 14.3. The maximum absolute atomic E-state index is 12.0. The number of nitrogens with one attached hydrogen (secondary N) is 3. The van der Waals surface area contributed by atoms with Gasteiger partial charge in [-0.05, 0) is 50.2 Å². The van der Waals surface area contributed by atoms with Gasteiger partial charge >= 0.3 is 0 Å². The van der Waals surface area contributed by atoms with Crippen LogP contribution in [0, 0.1) is 5.41 Å². The van der Waals surface area contributed by atoms with Gasteiger partial charge < -0.3 is 21.1 Å². The first-order chi connectivity index (χ1) is 11.4. The zero-order valence-electron chi connectivity index (χ0n) is 14.2. The summed E-state index contributed by atoms with van der Waals surface area (Å²) < 4.78 is 5.56. The minimum absolute atomic E-state index is 0. The summed E-state index contributed by atoms with van der Waals surface area (Å²) >= 11 is 0. The predicted octanol–water partition coefficient (Wildman–Crippen LogP) is 3.23. The summed E-state index contributed by atoms with van der Waals surface area (Å²) in [6.45, 7) is 4.04. The maximum Gasteiger partial charge on any atom is 0.243 e. The fraction of sp³-hybridized carbons (Fsp3) is 0.222. The Morgan fingerprint density at radius 3 is 2.44 bits per heavy atom. The van der Waals surface area contributed by atoms with E-state index in [1.165, 1.54) is 0 Å². The Bertz CT molecular complexity index is 717. The van der Waals surface area contributed by atoms with E-state index in [1.807, 2.05) is 32.0 Å². The number of ether oxygens (including phenoxy) is 1. The van der Waals surface area contributed by atoms with Crippen LogP contribution in [0.2, 0.25) is 0 Å². The van der Waals surface area contributed by atoms with Crippen LogP contribution in [0.25, 0.3) is 0 Å². The second-order valence-corrected chi connectivity index (χ2v) is 5.59. The van der Waals surface area contributed by atoms with Crippen molar-refractivity contribution in [3.63, 3.8) is 0 Å². The van der Waals surface area contributed by atoms with Crippen LogP contribution in [-0.4, -0.2) is 24.4 Å². The number of halogens is 1. The van der Waals surface area contributed by atoms with Gasteiger partial charge in [0, 0.05) is 16.9 Å². The van der Waals surface area contributed by atoms with Crippen LogP contribution >= 0.6 is 12.4 Å². The molecule has 0 fully saturated rings. The van der Waals surface area contributed by atoms with Gasteiger partial charge in [-0.3, -0.25) is 10.2 Å². The third-order valence-corrected chi connectivity index (χ3v) is 3.14. The smallest absolute Gasteiger partial charge is 0.243 e. The fourth-order valence-corrected chi connectivity index (χ4v) is 2.07. The molecule has 5 N–H and O–H groups in total. The van der Waals surface area contributed by atoms with Crippen molar-refractivity contribution in [3.8, 4) is 5.75 Å². The molecule has 0 unspecified atom stereocenters. The molecule has 0 bridgehead atoms. The first-order valence-electron chi connectivity index (χ1n) is 7.69. The number of rotatable bonds is 7. The lowest BCUT2D eigenvalue weighted by Gasteiger charge is -2.11. The molecule has 0 aromatic heterocycles. The lowest BCUT2D eigenvalue weighted by Crippen LogP contribution is -2.22. The molecule has 0 aliphatic carbocycles. The van der Waals surface area contributed by atoms with Gasteiger partial charge in [0.15, 0.2) is 0 Å². The average Bonchev–Trinajstić information content (AvgIpc) is 2.54. The Kier molecular flexibility index (Phi) is 7.75. The third-order valence-electron chi connectivity index (χ3n) is 3.14. The van der Waals surface area contributed by atoms with Gasteiger partial charge in [-0.15, -0.1) is 12.4 Å². The molecule has 2 aromatic carbocycles. The van der Waals surface area contributed by atoms with Crippen LogP contribution in [0.4, 0.5) is 11.4 Å². The molecule has 0 atom stereocenters. The van der Waals surface area contributed by atoms with E-state index >= 15 is 0 Å². The minimum Gasteiger partial charge on any atom is -0.491 e. The molecule has 2 rings (SSSR count). The zero-order chi connectivity index (χ0) is 17.5. The summed E-state index contributed by atoms with van der Waals surface area (Å²) in [7, 11) is 0. The molecule has 25 heavy (non-hydrogen) atoms. The number of amides is 1. The van der Waals surface area contributed by atoms with Crippen LogP contribution in [0.1, 0.15) is 19.4 Å². The van der Waals surface area contributed by atoms with E-state index < -0.39 is 0 Å². The molecular formula is C18H23ClN4O2. The highest BCUT2D eigenvalue weighted by molar-refractivity contribution is 5.96. The number of hydrogen-bond donors (Lipinski definition) is 4. The number of hydrogen-bond acceptors (Lipinski definition) is 4. The van der Waals surface area contributed by atoms with E-state index in [0.29, 0.717) is 11.3 Å². The first-order valence-corrected chi connectivity index (χ1v) is 7.69. The Balaban J connectivity index is 0.00000312. The highest BCUT2D eigenvalue weighted by atomic mass is 35.5. The first kappa shape index (κ1) is 20.3. The Labute approximate surface area is 153 Å². The Morgan fingerprint density at radius 1 is 1.16 bits per heavy atom. The van der Waals surface area contributed by atoms with Gasteiger partial charge in [-0.1, -0.05) is 12.1 Å². The van der Waals surface area contributed by atoms with E-state index in [1.54, 1.807) is 30.3 Å². The summed E-state index contributed by atoms with van der Waals surface area (Å²) in [5.41, 5.74) is 7.50. The molecule has 0 saturated heterocycles. The molecule has 0 heterocycles. The summed E-state index contributed by atoms with van der Waals surface area (Å²) in [5, 5.41) is 13.2. The van der Waals surface area contributed by atoms with E-state index in [2.05, 4.69) is 10.6 Å². The Morgan fingerprint density at radius 2 is 1.84 bits per heavy atom. The highest BCUT2D eigenvalue weighted by Crippen LogP contribution is 2.17. The van der Waals surface area contributed by atoms with Gasteiger partial charge in [0.1, 0.15) is 11.6 Å². The molecule has 6 nitrogen and oxygen atoms in total. The normalized spacial score (nSPS) is 9.88. The summed E-state index contributed by atoms with van der Waals surface area (Å²) in [6.07, 6.45) is 0.111. The van der Waals surface area contributed by atoms with E-state index in [9.17, 15) is 4.79 Å². The topological polar surface area (TPSA) is 100 Å². The van der Waals surface area contributed by atoms with Crippen LogP contribution in [0.3, 0.4) is 0 Å². The van der Waals surface area contributed by atoms with E-state index in [-0.39, 0.29) is 36.8 Å². The maximum atomic E-state index is 12.0.